The van der Waals surface area contributed by atoms with Gasteiger partial charge in [-0.25, -0.2) is 0 Å². The largest absolute Gasteiger partial charge is 0.497 e. The fourth-order valence-corrected chi connectivity index (χ4v) is 7.84. The van der Waals surface area contributed by atoms with E-state index < -0.39 is 0 Å². The van der Waals surface area contributed by atoms with Crippen molar-refractivity contribution in [3.63, 3.8) is 0 Å². The monoisotopic (exact) mass is 394 g/mol. The summed E-state index contributed by atoms with van der Waals surface area (Å²) in [6, 6.07) is 8.59. The summed E-state index contributed by atoms with van der Waals surface area (Å²) in [4.78, 5) is 13.0. The fraction of sp³-hybridized carbons (Fsp3) is 0.654. The summed E-state index contributed by atoms with van der Waals surface area (Å²) < 4.78 is 5.40. The zero-order chi connectivity index (χ0) is 20.4. The van der Waals surface area contributed by atoms with Crippen LogP contribution >= 0.6 is 0 Å². The van der Waals surface area contributed by atoms with Crippen LogP contribution in [0.1, 0.15) is 70.3 Å². The van der Waals surface area contributed by atoms with Crippen molar-refractivity contribution in [1.29, 1.82) is 0 Å². The number of hydrogen-bond donors (Lipinski definition) is 1. The van der Waals surface area contributed by atoms with Gasteiger partial charge in [-0.05, 0) is 85.3 Å². The number of aliphatic hydroxyl groups is 1. The lowest BCUT2D eigenvalue weighted by molar-refractivity contribution is -0.134. The standard InChI is InChI=1S/C26H34O3/c1-25-13-12-18(27)14-17(25)6-9-20-22-10-11-23(28)26(22,2)15-21(24(20)25)16-4-7-19(29-3)8-5-16/h4-5,7-8,14,18,20-22,24,27H,6,9-13,15H2,1-3H3/t18?,20-,21+,22-,24+,25-,26-/m0/s1. The third-order valence-corrected chi connectivity index (χ3v) is 9.31. The van der Waals surface area contributed by atoms with Crippen LogP contribution in [0.5, 0.6) is 5.75 Å². The van der Waals surface area contributed by atoms with Crippen LogP contribution in [0.15, 0.2) is 35.9 Å². The van der Waals surface area contributed by atoms with Crippen molar-refractivity contribution in [2.75, 3.05) is 7.11 Å². The highest BCUT2D eigenvalue weighted by molar-refractivity contribution is 5.87. The lowest BCUT2D eigenvalue weighted by Crippen LogP contribution is -2.54. The van der Waals surface area contributed by atoms with Gasteiger partial charge >= 0.3 is 0 Å². The second-order valence-corrected chi connectivity index (χ2v) is 10.5. The maximum atomic E-state index is 13.0. The zero-order valence-electron chi connectivity index (χ0n) is 18.0. The number of rotatable bonds is 2. The number of aliphatic hydroxyl groups excluding tert-OH is 1. The molecule has 0 spiro atoms. The lowest BCUT2D eigenvalue weighted by Gasteiger charge is -2.60. The number of carbonyl (C=O) groups excluding carboxylic acids is 1. The first-order valence-corrected chi connectivity index (χ1v) is 11.4. The van der Waals surface area contributed by atoms with Crippen molar-refractivity contribution < 1.29 is 14.6 Å². The zero-order valence-corrected chi connectivity index (χ0v) is 18.0. The van der Waals surface area contributed by atoms with Gasteiger partial charge in [0, 0.05) is 11.8 Å². The van der Waals surface area contributed by atoms with Crippen LogP contribution < -0.4 is 4.74 Å². The summed E-state index contributed by atoms with van der Waals surface area (Å²) in [7, 11) is 1.71. The van der Waals surface area contributed by atoms with Gasteiger partial charge in [0.05, 0.1) is 13.2 Å². The second kappa shape index (κ2) is 6.70. The van der Waals surface area contributed by atoms with E-state index in [1.807, 2.05) is 0 Å². The first-order valence-electron chi connectivity index (χ1n) is 11.4. The molecule has 1 aromatic carbocycles. The number of hydrogen-bond acceptors (Lipinski definition) is 3. The Morgan fingerprint density at radius 2 is 1.79 bits per heavy atom. The molecule has 3 fully saturated rings. The molecule has 3 heteroatoms. The average molecular weight is 395 g/mol. The SMILES string of the molecule is COc1ccc([C@H]2C[C@]3(C)C(=O)CC[C@H]3[C@@H]3CCC4=CC(O)CC[C@]4(C)[C@H]32)cc1. The molecule has 156 valence electrons. The highest BCUT2D eigenvalue weighted by Gasteiger charge is 2.62. The normalized spacial score (nSPS) is 43.8. The minimum Gasteiger partial charge on any atom is -0.497 e. The van der Waals surface area contributed by atoms with E-state index in [4.69, 9.17) is 4.74 Å². The summed E-state index contributed by atoms with van der Waals surface area (Å²) in [5.74, 6) is 3.44. The Morgan fingerprint density at radius 3 is 2.52 bits per heavy atom. The molecule has 1 aromatic rings. The number of carbonyl (C=O) groups is 1. The van der Waals surface area contributed by atoms with E-state index >= 15 is 0 Å². The molecule has 0 aromatic heterocycles. The van der Waals surface area contributed by atoms with Crippen molar-refractivity contribution in [3.05, 3.63) is 41.5 Å². The topological polar surface area (TPSA) is 46.5 Å². The van der Waals surface area contributed by atoms with Crippen LogP contribution in [-0.4, -0.2) is 24.1 Å². The highest BCUT2D eigenvalue weighted by Crippen LogP contribution is 2.68. The van der Waals surface area contributed by atoms with E-state index in [0.29, 0.717) is 29.5 Å². The molecule has 0 heterocycles. The van der Waals surface area contributed by atoms with Crippen molar-refractivity contribution in [2.24, 2.45) is 28.6 Å². The number of methoxy groups -OCH3 is 1. The molecule has 1 N–H and O–H groups in total. The Labute approximate surface area is 174 Å². The number of ether oxygens (including phenoxy) is 1. The van der Waals surface area contributed by atoms with E-state index in [0.717, 1.165) is 44.3 Å². The van der Waals surface area contributed by atoms with Gasteiger partial charge in [0.1, 0.15) is 11.5 Å². The van der Waals surface area contributed by atoms with E-state index in [9.17, 15) is 9.90 Å². The number of ketones is 1. The second-order valence-electron chi connectivity index (χ2n) is 10.5. The van der Waals surface area contributed by atoms with Crippen LogP contribution in [-0.2, 0) is 4.79 Å². The van der Waals surface area contributed by atoms with Gasteiger partial charge in [-0.1, -0.05) is 37.6 Å². The molecule has 0 radical (unpaired) electrons. The predicted molar refractivity (Wildman–Crippen MR) is 114 cm³/mol. The van der Waals surface area contributed by atoms with Crippen LogP contribution in [0.25, 0.3) is 0 Å². The van der Waals surface area contributed by atoms with Gasteiger partial charge in [0.25, 0.3) is 0 Å². The summed E-state index contributed by atoms with van der Waals surface area (Å²) in [5, 5.41) is 10.3. The Kier molecular flexibility index (Phi) is 4.47. The van der Waals surface area contributed by atoms with Gasteiger partial charge in [-0.3, -0.25) is 4.79 Å². The predicted octanol–water partition coefficient (Wildman–Crippen LogP) is 5.28. The summed E-state index contributed by atoms with van der Waals surface area (Å²) in [6.45, 7) is 4.72. The average Bonchev–Trinajstić information content (AvgIpc) is 3.02. The van der Waals surface area contributed by atoms with E-state index in [1.54, 1.807) is 7.11 Å². The third-order valence-electron chi connectivity index (χ3n) is 9.31. The maximum Gasteiger partial charge on any atom is 0.139 e. The maximum absolute atomic E-state index is 13.0. The summed E-state index contributed by atoms with van der Waals surface area (Å²) >= 11 is 0. The van der Waals surface area contributed by atoms with Crippen molar-refractivity contribution in [2.45, 2.75) is 70.8 Å². The van der Waals surface area contributed by atoms with Crippen LogP contribution in [0.4, 0.5) is 0 Å². The highest BCUT2D eigenvalue weighted by atomic mass is 16.5. The Balaban J connectivity index is 1.62. The first-order chi connectivity index (χ1) is 13.9. The third kappa shape index (κ3) is 2.76. The van der Waals surface area contributed by atoms with E-state index in [2.05, 4.69) is 44.2 Å². The molecule has 1 unspecified atom stereocenters. The fourth-order valence-electron chi connectivity index (χ4n) is 7.84. The molecule has 0 bridgehead atoms. The molecular weight excluding hydrogens is 360 g/mol. The van der Waals surface area contributed by atoms with Crippen LogP contribution in [0, 0.1) is 28.6 Å². The molecular formula is C26H34O3. The summed E-state index contributed by atoms with van der Waals surface area (Å²) in [6.07, 6.45) is 8.86. The van der Waals surface area contributed by atoms with E-state index in [-0.39, 0.29) is 16.9 Å². The van der Waals surface area contributed by atoms with E-state index in [1.165, 1.54) is 17.6 Å². The van der Waals surface area contributed by atoms with Gasteiger partial charge in [-0.2, -0.15) is 0 Å². The van der Waals surface area contributed by atoms with Crippen molar-refractivity contribution in [1.82, 2.24) is 0 Å². The molecule has 5 rings (SSSR count). The molecule has 3 saturated carbocycles. The minimum absolute atomic E-state index is 0.139. The van der Waals surface area contributed by atoms with Gasteiger partial charge < -0.3 is 9.84 Å². The van der Waals surface area contributed by atoms with Gasteiger partial charge in [0.15, 0.2) is 0 Å². The lowest BCUT2D eigenvalue weighted by atomic mass is 9.44. The molecule has 4 aliphatic carbocycles. The number of allylic oxidation sites excluding steroid dienone is 1. The van der Waals surface area contributed by atoms with Crippen LogP contribution in [0.2, 0.25) is 0 Å². The Bertz CT molecular complexity index is 840. The smallest absolute Gasteiger partial charge is 0.139 e. The van der Waals surface area contributed by atoms with Crippen molar-refractivity contribution in [3.8, 4) is 5.75 Å². The molecule has 7 atom stereocenters. The summed E-state index contributed by atoms with van der Waals surface area (Å²) in [5.41, 5.74) is 2.80. The molecule has 29 heavy (non-hydrogen) atoms. The minimum atomic E-state index is -0.282. The number of benzene rings is 1. The van der Waals surface area contributed by atoms with Crippen molar-refractivity contribution >= 4 is 5.78 Å². The molecule has 4 aliphatic rings. The molecule has 0 amide bonds. The Hall–Kier alpha value is -1.61. The number of fused-ring (bicyclic) bond motifs is 5. The van der Waals surface area contributed by atoms with Gasteiger partial charge in [-0.15, -0.1) is 0 Å². The quantitative estimate of drug-likeness (QED) is 0.694. The Morgan fingerprint density at radius 1 is 1.03 bits per heavy atom. The van der Waals surface area contributed by atoms with Gasteiger partial charge in [0.2, 0.25) is 0 Å². The number of Topliss-reactive ketones (excluding diaryl/α,β-unsaturated/α-hetero) is 1. The first kappa shape index (κ1) is 19.4. The van der Waals surface area contributed by atoms with Crippen LogP contribution in [0.3, 0.4) is 0 Å². The molecule has 0 aliphatic heterocycles. The molecule has 3 nitrogen and oxygen atoms in total. The molecule has 0 saturated heterocycles.